The monoisotopic (exact) mass is 478 g/mol. The van der Waals surface area contributed by atoms with Gasteiger partial charge in [0.05, 0.1) is 12.6 Å². The minimum absolute atomic E-state index is 0.0230. The number of carbonyl (C=O) groups excluding carboxylic acids is 1. The van der Waals surface area contributed by atoms with Crippen molar-refractivity contribution in [1.29, 1.82) is 0 Å². The van der Waals surface area contributed by atoms with Crippen molar-refractivity contribution in [3.05, 3.63) is 63.8 Å². The second-order valence-corrected chi connectivity index (χ2v) is 10.4. The van der Waals surface area contributed by atoms with Gasteiger partial charge >= 0.3 is 0 Å². The molecule has 1 saturated heterocycles. The number of nitrogens with zero attached hydrogens (tertiary/aromatic N) is 1. The predicted octanol–water partition coefficient (Wildman–Crippen LogP) is 5.23. The van der Waals surface area contributed by atoms with Gasteiger partial charge in [0.1, 0.15) is 5.75 Å². The van der Waals surface area contributed by atoms with Crippen molar-refractivity contribution in [3.63, 3.8) is 0 Å². The van der Waals surface area contributed by atoms with Crippen LogP contribution in [0, 0.1) is 11.8 Å². The molecule has 0 bridgehead atoms. The molecule has 2 fully saturated rings. The molecule has 1 amide bonds. The predicted molar refractivity (Wildman–Crippen MR) is 125 cm³/mol. The molecule has 1 N–H and O–H groups in total. The highest BCUT2D eigenvalue weighted by Gasteiger charge is 2.50. The van der Waals surface area contributed by atoms with Gasteiger partial charge in [-0.3, -0.25) is 4.79 Å². The maximum Gasteiger partial charge on any atom is 0.225 e. The molecule has 2 heterocycles. The van der Waals surface area contributed by atoms with Gasteiger partial charge in [-0.05, 0) is 83.3 Å². The number of fused-ring (bicyclic) bond motifs is 4. The normalized spacial score (nSPS) is 25.2. The average Bonchev–Trinajstić information content (AvgIpc) is 3.59. The Morgan fingerprint density at radius 1 is 1.23 bits per heavy atom. The van der Waals surface area contributed by atoms with Gasteiger partial charge in [-0.25, -0.2) is 0 Å². The van der Waals surface area contributed by atoms with E-state index in [2.05, 4.69) is 62.2 Å². The Morgan fingerprint density at radius 3 is 2.87 bits per heavy atom. The number of piperidine rings is 1. The standard InChI is InChI=1S/C26H27BrN2O2/c1-31-19-5-2-4-17(12-19)26-10-11-29(25(30)16-8-9-16)15-18(26)13-21-20-6-3-7-22(27)24(20)28-23(21)14-26/h2-7,12,16,18,28H,8-11,13-15H2,1H3. The minimum atomic E-state index is 0.0230. The number of nitrogens with one attached hydrogen (secondary N) is 1. The molecule has 3 aromatic rings. The van der Waals surface area contributed by atoms with Crippen molar-refractivity contribution in [1.82, 2.24) is 9.88 Å². The van der Waals surface area contributed by atoms with Crippen molar-refractivity contribution in [2.24, 2.45) is 11.8 Å². The van der Waals surface area contributed by atoms with Gasteiger partial charge in [0.2, 0.25) is 5.91 Å². The molecule has 4 nitrogen and oxygen atoms in total. The zero-order valence-electron chi connectivity index (χ0n) is 17.8. The fourth-order valence-corrected chi connectivity index (χ4v) is 6.47. The van der Waals surface area contributed by atoms with Crippen LogP contribution in [0.3, 0.4) is 0 Å². The Bertz CT molecular complexity index is 1180. The third-order valence-corrected chi connectivity index (χ3v) is 8.52. The van der Waals surface area contributed by atoms with Crippen LogP contribution in [0.2, 0.25) is 0 Å². The van der Waals surface area contributed by atoms with Crippen LogP contribution < -0.4 is 4.74 Å². The van der Waals surface area contributed by atoms with Gasteiger partial charge < -0.3 is 14.6 Å². The number of aromatic amines is 1. The summed E-state index contributed by atoms with van der Waals surface area (Å²) in [6.07, 6.45) is 5.12. The lowest BCUT2D eigenvalue weighted by Crippen LogP contribution is -2.55. The van der Waals surface area contributed by atoms with E-state index in [-0.39, 0.29) is 11.3 Å². The third kappa shape index (κ3) is 3.04. The summed E-state index contributed by atoms with van der Waals surface area (Å²) in [5, 5.41) is 1.31. The summed E-state index contributed by atoms with van der Waals surface area (Å²) in [6, 6.07) is 15.1. The first kappa shape index (κ1) is 19.4. The highest BCUT2D eigenvalue weighted by molar-refractivity contribution is 9.10. The van der Waals surface area contributed by atoms with Crippen molar-refractivity contribution in [2.75, 3.05) is 20.2 Å². The zero-order valence-corrected chi connectivity index (χ0v) is 19.4. The fourth-order valence-electron chi connectivity index (χ4n) is 6.00. The molecule has 5 heteroatoms. The molecule has 1 saturated carbocycles. The molecule has 1 aliphatic heterocycles. The molecule has 2 unspecified atom stereocenters. The van der Waals surface area contributed by atoms with Gasteiger partial charge in [0, 0.05) is 40.0 Å². The first-order valence-electron chi connectivity index (χ1n) is 11.3. The Kier molecular flexibility index (Phi) is 4.46. The Labute approximate surface area is 191 Å². The number of methoxy groups -OCH3 is 1. The maximum atomic E-state index is 12.9. The van der Waals surface area contributed by atoms with E-state index in [1.54, 1.807) is 7.11 Å². The van der Waals surface area contributed by atoms with E-state index in [0.29, 0.717) is 11.8 Å². The number of rotatable bonds is 3. The number of H-pyrrole nitrogens is 1. The van der Waals surface area contributed by atoms with Crippen LogP contribution in [0.15, 0.2) is 46.9 Å². The number of para-hydroxylation sites is 1. The summed E-state index contributed by atoms with van der Waals surface area (Å²) in [5.74, 6) is 1.98. The van der Waals surface area contributed by atoms with Crippen molar-refractivity contribution in [2.45, 2.75) is 37.5 Å². The number of aromatic nitrogens is 1. The number of hydrogen-bond acceptors (Lipinski definition) is 2. The maximum absolute atomic E-state index is 12.9. The quantitative estimate of drug-likeness (QED) is 0.559. The third-order valence-electron chi connectivity index (χ3n) is 7.85. The van der Waals surface area contributed by atoms with Gasteiger partial charge in [0.15, 0.2) is 0 Å². The topological polar surface area (TPSA) is 45.3 Å². The lowest BCUT2D eigenvalue weighted by Gasteiger charge is -2.51. The van der Waals surface area contributed by atoms with Crippen LogP contribution >= 0.6 is 15.9 Å². The lowest BCUT2D eigenvalue weighted by atomic mass is 9.58. The molecule has 2 atom stereocenters. The molecule has 6 rings (SSSR count). The summed E-state index contributed by atoms with van der Waals surface area (Å²) >= 11 is 3.73. The first-order valence-corrected chi connectivity index (χ1v) is 12.1. The van der Waals surface area contributed by atoms with E-state index < -0.39 is 0 Å². The van der Waals surface area contributed by atoms with E-state index in [1.165, 1.54) is 27.7 Å². The highest BCUT2D eigenvalue weighted by Crippen LogP contribution is 2.50. The van der Waals surface area contributed by atoms with Crippen molar-refractivity contribution < 1.29 is 9.53 Å². The molecule has 2 aliphatic carbocycles. The Balaban J connectivity index is 1.46. The number of carbonyl (C=O) groups is 1. The largest absolute Gasteiger partial charge is 0.497 e. The summed E-state index contributed by atoms with van der Waals surface area (Å²) in [5.41, 5.74) is 5.34. The van der Waals surface area contributed by atoms with E-state index in [1.807, 2.05) is 6.07 Å². The molecule has 31 heavy (non-hydrogen) atoms. The lowest BCUT2D eigenvalue weighted by molar-refractivity contribution is -0.135. The van der Waals surface area contributed by atoms with E-state index in [9.17, 15) is 4.79 Å². The zero-order chi connectivity index (χ0) is 21.2. The number of amides is 1. The van der Waals surface area contributed by atoms with Crippen LogP contribution in [-0.2, 0) is 23.1 Å². The number of likely N-dealkylation sites (tertiary alicyclic amines) is 1. The minimum Gasteiger partial charge on any atom is -0.497 e. The van der Waals surface area contributed by atoms with Gasteiger partial charge in [-0.15, -0.1) is 0 Å². The Hall–Kier alpha value is -2.27. The van der Waals surface area contributed by atoms with Crippen LogP contribution in [0.4, 0.5) is 0 Å². The summed E-state index contributed by atoms with van der Waals surface area (Å²) in [6.45, 7) is 1.70. The van der Waals surface area contributed by atoms with Gasteiger partial charge in [-0.1, -0.05) is 24.3 Å². The number of ether oxygens (including phenoxy) is 1. The van der Waals surface area contributed by atoms with E-state index >= 15 is 0 Å². The molecule has 0 radical (unpaired) electrons. The average molecular weight is 479 g/mol. The van der Waals surface area contributed by atoms with Gasteiger partial charge in [-0.2, -0.15) is 0 Å². The molecule has 2 aromatic carbocycles. The summed E-state index contributed by atoms with van der Waals surface area (Å²) in [7, 11) is 1.74. The molecular weight excluding hydrogens is 452 g/mol. The van der Waals surface area contributed by atoms with Crippen LogP contribution in [0.5, 0.6) is 5.75 Å². The fraction of sp³-hybridized carbons (Fsp3) is 0.423. The van der Waals surface area contributed by atoms with Crippen LogP contribution in [0.25, 0.3) is 10.9 Å². The smallest absolute Gasteiger partial charge is 0.225 e. The van der Waals surface area contributed by atoms with Crippen LogP contribution in [0.1, 0.15) is 36.1 Å². The number of halogens is 1. The summed E-state index contributed by atoms with van der Waals surface area (Å²) < 4.78 is 6.69. The highest BCUT2D eigenvalue weighted by atomic mass is 79.9. The molecule has 1 aromatic heterocycles. The van der Waals surface area contributed by atoms with Gasteiger partial charge in [0.25, 0.3) is 0 Å². The van der Waals surface area contributed by atoms with Crippen molar-refractivity contribution in [3.8, 4) is 5.75 Å². The molecule has 3 aliphatic rings. The van der Waals surface area contributed by atoms with E-state index in [4.69, 9.17) is 4.74 Å². The Morgan fingerprint density at radius 2 is 2.06 bits per heavy atom. The van der Waals surface area contributed by atoms with E-state index in [0.717, 1.165) is 55.4 Å². The van der Waals surface area contributed by atoms with Crippen molar-refractivity contribution >= 4 is 32.7 Å². The SMILES string of the molecule is COc1cccc(C23CCN(C(=O)C4CC4)CC2Cc2c([nH]c4c(Br)cccc24)C3)c1. The first-order chi connectivity index (χ1) is 15.1. The second kappa shape index (κ2) is 7.13. The second-order valence-electron chi connectivity index (χ2n) is 9.52. The number of benzene rings is 2. The van der Waals surface area contributed by atoms with Crippen LogP contribution in [-0.4, -0.2) is 36.0 Å². The molecule has 0 spiro atoms. The molecular formula is C26H27BrN2O2. The molecule has 160 valence electrons. The number of hydrogen-bond donors (Lipinski definition) is 1. The summed E-state index contributed by atoms with van der Waals surface area (Å²) in [4.78, 5) is 18.8.